The minimum Gasteiger partial charge on any atom is -0.334 e. The second kappa shape index (κ2) is 7.04. The molecule has 0 unspecified atom stereocenters. The van der Waals surface area contributed by atoms with E-state index in [4.69, 9.17) is 0 Å². The van der Waals surface area contributed by atoms with Gasteiger partial charge in [0.05, 0.1) is 0 Å². The molecule has 0 saturated carbocycles. The quantitative estimate of drug-likeness (QED) is 0.763. The summed E-state index contributed by atoms with van der Waals surface area (Å²) in [5.74, 6) is 0.832. The highest BCUT2D eigenvalue weighted by Gasteiger charge is 2.23. The fraction of sp³-hybridized carbons (Fsp3) is 0.438. The number of rotatable bonds is 1. The average Bonchev–Trinajstić information content (AvgIpc) is 2.83. The summed E-state index contributed by atoms with van der Waals surface area (Å²) in [4.78, 5) is 37.4. The summed E-state index contributed by atoms with van der Waals surface area (Å²) in [6.45, 7) is 1.25. The normalized spacial score (nSPS) is 17.7. The van der Waals surface area contributed by atoms with Gasteiger partial charge in [0.15, 0.2) is 0 Å². The molecule has 23 heavy (non-hydrogen) atoms. The van der Waals surface area contributed by atoms with E-state index in [-0.39, 0.29) is 5.91 Å². The summed E-state index contributed by atoms with van der Waals surface area (Å²) < 4.78 is 0. The average molecular weight is 333 g/mol. The summed E-state index contributed by atoms with van der Waals surface area (Å²) in [7, 11) is 0. The molecule has 0 aromatic heterocycles. The van der Waals surface area contributed by atoms with Crippen molar-refractivity contribution in [3.05, 3.63) is 23.8 Å². The number of aryl methyl sites for hydroxylation is 1. The van der Waals surface area contributed by atoms with Crippen LogP contribution in [0.3, 0.4) is 0 Å². The van der Waals surface area contributed by atoms with E-state index in [0.717, 1.165) is 29.2 Å². The molecule has 1 saturated heterocycles. The van der Waals surface area contributed by atoms with Crippen LogP contribution in [0.1, 0.15) is 18.4 Å². The summed E-state index contributed by atoms with van der Waals surface area (Å²) >= 11 is 1.81. The fourth-order valence-electron chi connectivity index (χ4n) is 2.74. The Bertz CT molecular complexity index is 639. The number of nitrogens with zero attached hydrogens (tertiary/aromatic N) is 1. The lowest BCUT2D eigenvalue weighted by Gasteiger charge is -2.20. The number of hydrogen-bond donors (Lipinski definition) is 2. The number of carbonyl (C=O) groups is 3. The van der Waals surface area contributed by atoms with Gasteiger partial charge in [-0.1, -0.05) is 0 Å². The molecule has 2 aliphatic rings. The van der Waals surface area contributed by atoms with E-state index in [2.05, 4.69) is 10.6 Å². The number of thioether (sulfide) groups is 1. The van der Waals surface area contributed by atoms with Crippen molar-refractivity contribution in [3.63, 3.8) is 0 Å². The Hall–Kier alpha value is -2.02. The lowest BCUT2D eigenvalue weighted by molar-refractivity contribution is -0.142. The third-order valence-corrected chi connectivity index (χ3v) is 5.01. The summed E-state index contributed by atoms with van der Waals surface area (Å²) in [6, 6.07) is 5.28. The van der Waals surface area contributed by atoms with Crippen molar-refractivity contribution >= 4 is 40.9 Å². The van der Waals surface area contributed by atoms with Gasteiger partial charge in [0.25, 0.3) is 0 Å². The third kappa shape index (κ3) is 3.85. The number of hydrogen-bond acceptors (Lipinski definition) is 4. The summed E-state index contributed by atoms with van der Waals surface area (Å²) in [6.07, 6.45) is 2.00. The van der Waals surface area contributed by atoms with Crippen LogP contribution in [0.4, 0.5) is 11.4 Å². The van der Waals surface area contributed by atoms with Crippen LogP contribution in [-0.4, -0.2) is 47.2 Å². The van der Waals surface area contributed by atoms with Crippen LogP contribution in [0.15, 0.2) is 18.2 Å². The van der Waals surface area contributed by atoms with Crippen molar-refractivity contribution < 1.29 is 14.4 Å². The van der Waals surface area contributed by atoms with Crippen molar-refractivity contribution in [2.75, 3.05) is 35.2 Å². The van der Waals surface area contributed by atoms with Crippen LogP contribution >= 0.6 is 11.8 Å². The van der Waals surface area contributed by atoms with E-state index >= 15 is 0 Å². The molecule has 3 amide bonds. The van der Waals surface area contributed by atoms with Gasteiger partial charge in [-0.3, -0.25) is 14.4 Å². The first-order chi connectivity index (χ1) is 11.1. The minimum absolute atomic E-state index is 0.00324. The zero-order valence-electron chi connectivity index (χ0n) is 12.8. The fourth-order valence-corrected chi connectivity index (χ4v) is 3.63. The molecule has 1 aromatic carbocycles. The Morgan fingerprint density at radius 3 is 2.91 bits per heavy atom. The minimum atomic E-state index is -0.600. The first kappa shape index (κ1) is 15.9. The molecule has 0 bridgehead atoms. The van der Waals surface area contributed by atoms with Crippen LogP contribution in [0.5, 0.6) is 0 Å². The highest BCUT2D eigenvalue weighted by Crippen LogP contribution is 2.25. The highest BCUT2D eigenvalue weighted by atomic mass is 32.2. The predicted molar refractivity (Wildman–Crippen MR) is 90.5 cm³/mol. The van der Waals surface area contributed by atoms with Crippen LogP contribution in [0, 0.1) is 0 Å². The number of nitrogens with one attached hydrogen (secondary N) is 2. The van der Waals surface area contributed by atoms with Crippen molar-refractivity contribution in [2.24, 2.45) is 0 Å². The Kier molecular flexibility index (Phi) is 4.85. The van der Waals surface area contributed by atoms with Gasteiger partial charge in [0.1, 0.15) is 0 Å². The number of fused-ring (bicyclic) bond motifs is 1. The van der Waals surface area contributed by atoms with Crippen molar-refractivity contribution in [2.45, 2.75) is 19.3 Å². The number of carbonyl (C=O) groups excluding carboxylic acids is 3. The Balaban J connectivity index is 1.65. The molecule has 0 spiro atoms. The van der Waals surface area contributed by atoms with Gasteiger partial charge in [-0.25, -0.2) is 0 Å². The molecule has 1 fully saturated rings. The molecule has 0 radical (unpaired) electrons. The van der Waals surface area contributed by atoms with Gasteiger partial charge < -0.3 is 15.5 Å². The zero-order chi connectivity index (χ0) is 16.2. The van der Waals surface area contributed by atoms with Crippen LogP contribution in [-0.2, 0) is 20.8 Å². The first-order valence-corrected chi connectivity index (χ1v) is 8.90. The smallest absolute Gasteiger partial charge is 0.313 e. The molecule has 6 nitrogen and oxygen atoms in total. The molecule has 7 heteroatoms. The zero-order valence-corrected chi connectivity index (χ0v) is 13.6. The summed E-state index contributed by atoms with van der Waals surface area (Å²) in [5.41, 5.74) is 2.33. The molecule has 0 atom stereocenters. The molecule has 0 aliphatic carbocycles. The maximum absolute atomic E-state index is 12.2. The van der Waals surface area contributed by atoms with Gasteiger partial charge in [0.2, 0.25) is 5.91 Å². The molecule has 2 aliphatic heterocycles. The highest BCUT2D eigenvalue weighted by molar-refractivity contribution is 7.99. The van der Waals surface area contributed by atoms with Crippen molar-refractivity contribution in [3.8, 4) is 0 Å². The Morgan fingerprint density at radius 2 is 2.04 bits per heavy atom. The van der Waals surface area contributed by atoms with Gasteiger partial charge in [-0.2, -0.15) is 11.8 Å². The molecule has 1 aromatic rings. The SMILES string of the molecule is O=C1CCc2cc(NC(=O)C(=O)N3CCCSCC3)ccc2N1. The van der Waals surface area contributed by atoms with Gasteiger partial charge in [0, 0.05) is 36.6 Å². The van der Waals surface area contributed by atoms with Crippen molar-refractivity contribution in [1.82, 2.24) is 4.90 Å². The van der Waals surface area contributed by atoms with E-state index in [9.17, 15) is 14.4 Å². The largest absolute Gasteiger partial charge is 0.334 e. The standard InChI is InChI=1S/C16H19N3O3S/c20-14-5-2-11-10-12(3-4-13(11)18-14)17-15(21)16(22)19-6-1-8-23-9-7-19/h3-4,10H,1-2,5-9H2,(H,17,21)(H,18,20). The lowest BCUT2D eigenvalue weighted by Crippen LogP contribution is -2.40. The maximum Gasteiger partial charge on any atom is 0.313 e. The van der Waals surface area contributed by atoms with Crippen LogP contribution in [0.25, 0.3) is 0 Å². The Labute approximate surface area is 139 Å². The third-order valence-electron chi connectivity index (χ3n) is 3.96. The monoisotopic (exact) mass is 333 g/mol. The topological polar surface area (TPSA) is 78.5 Å². The molecule has 2 N–H and O–H groups in total. The van der Waals surface area contributed by atoms with Crippen LogP contribution < -0.4 is 10.6 Å². The lowest BCUT2D eigenvalue weighted by atomic mass is 10.0. The van der Waals surface area contributed by atoms with E-state index < -0.39 is 11.8 Å². The van der Waals surface area contributed by atoms with Gasteiger partial charge in [-0.15, -0.1) is 0 Å². The number of amides is 3. The Morgan fingerprint density at radius 1 is 1.17 bits per heavy atom. The molecular formula is C16H19N3O3S. The van der Waals surface area contributed by atoms with Gasteiger partial charge >= 0.3 is 11.8 Å². The van der Waals surface area contributed by atoms with E-state index in [1.54, 1.807) is 17.0 Å². The first-order valence-electron chi connectivity index (χ1n) is 7.74. The van der Waals surface area contributed by atoms with Gasteiger partial charge in [-0.05, 0) is 42.4 Å². The van der Waals surface area contributed by atoms with E-state index in [0.29, 0.717) is 31.6 Å². The number of anilines is 2. The molecular weight excluding hydrogens is 314 g/mol. The second-order valence-electron chi connectivity index (χ2n) is 5.63. The number of benzene rings is 1. The predicted octanol–water partition coefficient (Wildman–Crippen LogP) is 1.48. The van der Waals surface area contributed by atoms with E-state index in [1.165, 1.54) is 0 Å². The van der Waals surface area contributed by atoms with Crippen molar-refractivity contribution in [1.29, 1.82) is 0 Å². The van der Waals surface area contributed by atoms with E-state index in [1.807, 2.05) is 17.8 Å². The molecule has 3 rings (SSSR count). The maximum atomic E-state index is 12.2. The molecule has 122 valence electrons. The summed E-state index contributed by atoms with van der Waals surface area (Å²) in [5, 5.41) is 5.46. The van der Waals surface area contributed by atoms with Crippen LogP contribution in [0.2, 0.25) is 0 Å². The second-order valence-corrected chi connectivity index (χ2v) is 6.86. The molecule has 2 heterocycles.